The third-order valence-electron chi connectivity index (χ3n) is 3.00. The predicted octanol–water partition coefficient (Wildman–Crippen LogP) is 2.66. The number of thioether (sulfide) groups is 1. The molecule has 0 bridgehead atoms. The zero-order valence-corrected chi connectivity index (χ0v) is 10.7. The van der Waals surface area contributed by atoms with Crippen LogP contribution < -0.4 is 5.32 Å². The van der Waals surface area contributed by atoms with Gasteiger partial charge >= 0.3 is 0 Å². The molecule has 0 saturated carbocycles. The fourth-order valence-electron chi connectivity index (χ4n) is 1.71. The molecule has 0 aromatic rings. The molecule has 3 heteroatoms. The van der Waals surface area contributed by atoms with Crippen LogP contribution in [0.5, 0.6) is 0 Å². The van der Waals surface area contributed by atoms with Gasteiger partial charge in [-0.15, -0.1) is 0 Å². The lowest BCUT2D eigenvalue weighted by Crippen LogP contribution is -2.28. The minimum absolute atomic E-state index is 0.171. The molecule has 1 rings (SSSR count). The SMILES string of the molecule is CC(C)(C#N)CCNCC1CCSCC1. The van der Waals surface area contributed by atoms with Crippen molar-refractivity contribution in [1.82, 2.24) is 5.32 Å². The van der Waals surface area contributed by atoms with Gasteiger partial charge in [0.25, 0.3) is 0 Å². The molecule has 1 fully saturated rings. The van der Waals surface area contributed by atoms with Crippen molar-refractivity contribution in [2.45, 2.75) is 33.1 Å². The summed E-state index contributed by atoms with van der Waals surface area (Å²) in [7, 11) is 0. The minimum Gasteiger partial charge on any atom is -0.316 e. The van der Waals surface area contributed by atoms with Gasteiger partial charge in [-0.05, 0) is 63.6 Å². The quantitative estimate of drug-likeness (QED) is 0.732. The molecule has 1 aliphatic rings. The highest BCUT2D eigenvalue weighted by molar-refractivity contribution is 7.99. The summed E-state index contributed by atoms with van der Waals surface area (Å²) in [5.74, 6) is 3.53. The Bertz CT molecular complexity index is 214. The zero-order valence-electron chi connectivity index (χ0n) is 9.88. The van der Waals surface area contributed by atoms with Crippen LogP contribution in [0.4, 0.5) is 0 Å². The van der Waals surface area contributed by atoms with E-state index < -0.39 is 0 Å². The van der Waals surface area contributed by atoms with Gasteiger partial charge in [-0.25, -0.2) is 0 Å². The lowest BCUT2D eigenvalue weighted by molar-refractivity contribution is 0.398. The van der Waals surface area contributed by atoms with E-state index in [-0.39, 0.29) is 5.41 Å². The van der Waals surface area contributed by atoms with Gasteiger partial charge in [-0.2, -0.15) is 17.0 Å². The molecule has 0 aromatic heterocycles. The maximum Gasteiger partial charge on any atom is 0.0684 e. The summed E-state index contributed by atoms with van der Waals surface area (Å²) in [6, 6.07) is 2.34. The highest BCUT2D eigenvalue weighted by Gasteiger charge is 2.17. The summed E-state index contributed by atoms with van der Waals surface area (Å²) in [6.07, 6.45) is 3.67. The molecular formula is C12H22N2S. The van der Waals surface area contributed by atoms with Crippen molar-refractivity contribution in [3.05, 3.63) is 0 Å². The lowest BCUT2D eigenvalue weighted by Gasteiger charge is -2.22. The molecular weight excluding hydrogens is 204 g/mol. The first-order valence-electron chi connectivity index (χ1n) is 5.84. The van der Waals surface area contributed by atoms with E-state index in [1.807, 2.05) is 13.8 Å². The summed E-state index contributed by atoms with van der Waals surface area (Å²) in [5, 5.41) is 12.3. The number of hydrogen-bond acceptors (Lipinski definition) is 3. The van der Waals surface area contributed by atoms with E-state index >= 15 is 0 Å². The van der Waals surface area contributed by atoms with Crippen LogP contribution in [-0.2, 0) is 0 Å². The van der Waals surface area contributed by atoms with E-state index in [4.69, 9.17) is 5.26 Å². The zero-order chi connectivity index (χ0) is 11.1. The Balaban J connectivity index is 2.04. The summed E-state index contributed by atoms with van der Waals surface area (Å²) in [6.45, 7) is 6.13. The van der Waals surface area contributed by atoms with Crippen LogP contribution in [0.25, 0.3) is 0 Å². The Morgan fingerprint density at radius 2 is 2.07 bits per heavy atom. The second-order valence-corrected chi connectivity index (χ2v) is 6.23. The van der Waals surface area contributed by atoms with Crippen molar-refractivity contribution < 1.29 is 0 Å². The topological polar surface area (TPSA) is 35.8 Å². The van der Waals surface area contributed by atoms with Crippen molar-refractivity contribution >= 4 is 11.8 Å². The smallest absolute Gasteiger partial charge is 0.0684 e. The van der Waals surface area contributed by atoms with Gasteiger partial charge in [0, 0.05) is 0 Å². The second-order valence-electron chi connectivity index (χ2n) is 5.01. The normalized spacial score (nSPS) is 18.7. The van der Waals surface area contributed by atoms with E-state index in [0.29, 0.717) is 0 Å². The minimum atomic E-state index is -0.171. The molecule has 0 atom stereocenters. The van der Waals surface area contributed by atoms with Gasteiger partial charge in [0.05, 0.1) is 11.5 Å². The van der Waals surface area contributed by atoms with E-state index in [9.17, 15) is 0 Å². The second kappa shape index (κ2) is 6.40. The highest BCUT2D eigenvalue weighted by Crippen LogP contribution is 2.22. The van der Waals surface area contributed by atoms with Gasteiger partial charge in [0.1, 0.15) is 0 Å². The molecule has 15 heavy (non-hydrogen) atoms. The third kappa shape index (κ3) is 5.44. The molecule has 0 unspecified atom stereocenters. The van der Waals surface area contributed by atoms with Gasteiger partial charge < -0.3 is 5.32 Å². The van der Waals surface area contributed by atoms with Crippen molar-refractivity contribution in [2.24, 2.45) is 11.3 Å². The number of hydrogen-bond donors (Lipinski definition) is 1. The van der Waals surface area contributed by atoms with Crippen LogP contribution in [0.15, 0.2) is 0 Å². The third-order valence-corrected chi connectivity index (χ3v) is 4.05. The number of nitriles is 1. The van der Waals surface area contributed by atoms with Gasteiger partial charge in [0.2, 0.25) is 0 Å². The summed E-state index contributed by atoms with van der Waals surface area (Å²) in [4.78, 5) is 0. The first-order chi connectivity index (χ1) is 7.14. The molecule has 0 amide bonds. The molecule has 0 aromatic carbocycles. The lowest BCUT2D eigenvalue weighted by atomic mass is 9.91. The molecule has 1 N–H and O–H groups in total. The largest absolute Gasteiger partial charge is 0.316 e. The van der Waals surface area contributed by atoms with Gasteiger partial charge in [0.15, 0.2) is 0 Å². The summed E-state index contributed by atoms with van der Waals surface area (Å²) < 4.78 is 0. The Morgan fingerprint density at radius 3 is 2.67 bits per heavy atom. The average Bonchev–Trinajstić information content (AvgIpc) is 2.26. The Kier molecular flexibility index (Phi) is 5.49. The summed E-state index contributed by atoms with van der Waals surface area (Å²) >= 11 is 2.07. The van der Waals surface area contributed by atoms with Crippen LogP contribution in [0, 0.1) is 22.7 Å². The summed E-state index contributed by atoms with van der Waals surface area (Å²) in [5.41, 5.74) is -0.171. The van der Waals surface area contributed by atoms with Crippen molar-refractivity contribution in [3.63, 3.8) is 0 Å². The fraction of sp³-hybridized carbons (Fsp3) is 0.917. The number of nitrogens with zero attached hydrogens (tertiary/aromatic N) is 1. The van der Waals surface area contributed by atoms with Crippen LogP contribution >= 0.6 is 11.8 Å². The first kappa shape index (κ1) is 12.9. The van der Waals surface area contributed by atoms with Gasteiger partial charge in [-0.1, -0.05) is 0 Å². The Labute approximate surface area is 97.8 Å². The molecule has 2 nitrogen and oxygen atoms in total. The Hall–Kier alpha value is -0.200. The molecule has 0 aliphatic carbocycles. The standard InChI is InChI=1S/C12H22N2S/c1-12(2,10-13)5-6-14-9-11-3-7-15-8-4-11/h11,14H,3-9H2,1-2H3. The van der Waals surface area contributed by atoms with Crippen molar-refractivity contribution in [3.8, 4) is 6.07 Å². The van der Waals surface area contributed by atoms with Crippen LogP contribution in [0.3, 0.4) is 0 Å². The average molecular weight is 226 g/mol. The van der Waals surface area contributed by atoms with Crippen molar-refractivity contribution in [2.75, 3.05) is 24.6 Å². The van der Waals surface area contributed by atoms with Crippen LogP contribution in [0.2, 0.25) is 0 Å². The highest BCUT2D eigenvalue weighted by atomic mass is 32.2. The van der Waals surface area contributed by atoms with E-state index in [0.717, 1.165) is 25.4 Å². The van der Waals surface area contributed by atoms with Crippen molar-refractivity contribution in [1.29, 1.82) is 5.26 Å². The molecule has 0 spiro atoms. The monoisotopic (exact) mass is 226 g/mol. The molecule has 0 radical (unpaired) electrons. The number of nitrogens with one attached hydrogen (secondary N) is 1. The van der Waals surface area contributed by atoms with E-state index in [2.05, 4.69) is 23.1 Å². The van der Waals surface area contributed by atoms with E-state index in [1.165, 1.54) is 24.3 Å². The maximum absolute atomic E-state index is 8.86. The first-order valence-corrected chi connectivity index (χ1v) is 6.99. The maximum atomic E-state index is 8.86. The Morgan fingerprint density at radius 1 is 1.40 bits per heavy atom. The molecule has 86 valence electrons. The fourth-order valence-corrected chi connectivity index (χ4v) is 2.92. The van der Waals surface area contributed by atoms with E-state index in [1.54, 1.807) is 0 Å². The van der Waals surface area contributed by atoms with Gasteiger partial charge in [-0.3, -0.25) is 0 Å². The number of rotatable bonds is 5. The van der Waals surface area contributed by atoms with Crippen LogP contribution in [-0.4, -0.2) is 24.6 Å². The molecule has 1 aliphatic heterocycles. The molecule has 1 heterocycles. The predicted molar refractivity (Wildman–Crippen MR) is 66.9 cm³/mol. The van der Waals surface area contributed by atoms with Crippen LogP contribution in [0.1, 0.15) is 33.1 Å². The molecule has 1 saturated heterocycles.